The molecule has 5 heterocycles. The number of imidazole rings is 1. The summed E-state index contributed by atoms with van der Waals surface area (Å²) in [6, 6.07) is 4.85. The van der Waals surface area contributed by atoms with Crippen molar-refractivity contribution in [1.29, 1.82) is 0 Å². The number of piperazine rings is 1. The zero-order chi connectivity index (χ0) is 28.7. The van der Waals surface area contributed by atoms with Gasteiger partial charge in [0.15, 0.2) is 11.5 Å². The van der Waals surface area contributed by atoms with Gasteiger partial charge in [-0.05, 0) is 37.2 Å². The van der Waals surface area contributed by atoms with Crippen molar-refractivity contribution >= 4 is 40.6 Å². The highest BCUT2D eigenvalue weighted by Crippen LogP contribution is 2.36. The molecule has 15 heteroatoms. The molecule has 0 aliphatic carbocycles. The third-order valence-electron chi connectivity index (χ3n) is 7.34. The van der Waals surface area contributed by atoms with Crippen molar-refractivity contribution < 1.29 is 22.8 Å². The van der Waals surface area contributed by atoms with Crippen molar-refractivity contribution in [2.75, 3.05) is 44.6 Å². The predicted octanol–water partition coefficient (Wildman–Crippen LogP) is 3.43. The number of benzene rings is 1. The van der Waals surface area contributed by atoms with Crippen molar-refractivity contribution in [2.24, 2.45) is 5.92 Å². The highest BCUT2D eigenvalue weighted by molar-refractivity contribution is 6.34. The number of amides is 2. The summed E-state index contributed by atoms with van der Waals surface area (Å²) in [4.78, 5) is 37.7. The first-order valence-corrected chi connectivity index (χ1v) is 13.3. The Labute approximate surface area is 236 Å². The van der Waals surface area contributed by atoms with E-state index in [-0.39, 0.29) is 39.6 Å². The van der Waals surface area contributed by atoms with Crippen LogP contribution in [0.25, 0.3) is 16.9 Å². The molecule has 41 heavy (non-hydrogen) atoms. The van der Waals surface area contributed by atoms with Crippen LogP contribution in [-0.2, 0) is 11.0 Å². The fourth-order valence-electron chi connectivity index (χ4n) is 5.00. The topological polar surface area (TPSA) is 124 Å². The number of carbonyl (C=O) groups excluding carboxylic acids is 2. The number of aromatic amines is 1. The molecule has 2 saturated heterocycles. The molecule has 4 aromatic rings. The lowest BCUT2D eigenvalue weighted by molar-refractivity contribution is -0.140. The Hall–Kier alpha value is -4.17. The molecule has 2 amide bonds. The third kappa shape index (κ3) is 5.32. The first kappa shape index (κ1) is 27.0. The SMILES string of the molecule is O=C(CC1CNC1)N1CCN(C(=O)c2ccc(Nc3nccn4c(-c5cn[nH]c5C(F)(F)F)cnc34)cc2Cl)CC1. The molecule has 214 valence electrons. The van der Waals surface area contributed by atoms with Crippen LogP contribution in [0.15, 0.2) is 43.0 Å². The van der Waals surface area contributed by atoms with E-state index >= 15 is 0 Å². The van der Waals surface area contributed by atoms with Gasteiger partial charge in [0.25, 0.3) is 5.91 Å². The van der Waals surface area contributed by atoms with E-state index in [9.17, 15) is 22.8 Å². The van der Waals surface area contributed by atoms with Crippen LogP contribution in [0.5, 0.6) is 0 Å². The highest BCUT2D eigenvalue weighted by atomic mass is 35.5. The molecule has 3 aromatic heterocycles. The maximum atomic E-state index is 13.4. The fraction of sp³-hybridized carbons (Fsp3) is 0.346. The second-order valence-electron chi connectivity index (χ2n) is 9.99. The van der Waals surface area contributed by atoms with Gasteiger partial charge in [-0.3, -0.25) is 19.1 Å². The molecule has 0 spiro atoms. The Morgan fingerprint density at radius 3 is 2.51 bits per heavy atom. The number of alkyl halides is 3. The first-order chi connectivity index (χ1) is 19.7. The van der Waals surface area contributed by atoms with Crippen LogP contribution < -0.4 is 10.6 Å². The molecule has 0 radical (unpaired) electrons. The number of anilines is 2. The molecule has 0 bridgehead atoms. The molecule has 11 nitrogen and oxygen atoms in total. The van der Waals surface area contributed by atoms with Gasteiger partial charge in [-0.2, -0.15) is 18.3 Å². The minimum atomic E-state index is -4.61. The van der Waals surface area contributed by atoms with Gasteiger partial charge in [-0.15, -0.1) is 0 Å². The summed E-state index contributed by atoms with van der Waals surface area (Å²) in [6.07, 6.45) is 1.26. The molecule has 2 aliphatic rings. The maximum absolute atomic E-state index is 13.4. The van der Waals surface area contributed by atoms with Gasteiger partial charge in [0.05, 0.1) is 34.2 Å². The molecule has 2 fully saturated rings. The average molecular weight is 588 g/mol. The summed E-state index contributed by atoms with van der Waals surface area (Å²) in [6.45, 7) is 3.54. The summed E-state index contributed by atoms with van der Waals surface area (Å²) in [7, 11) is 0. The highest BCUT2D eigenvalue weighted by Gasteiger charge is 2.37. The molecular formula is C26H25ClF3N9O2. The second-order valence-corrected chi connectivity index (χ2v) is 10.4. The number of rotatable bonds is 6. The van der Waals surface area contributed by atoms with Gasteiger partial charge >= 0.3 is 6.18 Å². The zero-order valence-corrected chi connectivity index (χ0v) is 22.3. The average Bonchev–Trinajstić information content (AvgIpc) is 3.58. The van der Waals surface area contributed by atoms with Crippen LogP contribution in [0.3, 0.4) is 0 Å². The van der Waals surface area contributed by atoms with E-state index in [1.807, 2.05) is 10.00 Å². The van der Waals surface area contributed by atoms with Crippen LogP contribution in [0.2, 0.25) is 5.02 Å². The normalized spacial score (nSPS) is 16.2. The van der Waals surface area contributed by atoms with Crippen molar-refractivity contribution in [3.05, 3.63) is 59.3 Å². The van der Waals surface area contributed by atoms with Crippen molar-refractivity contribution in [2.45, 2.75) is 12.6 Å². The van der Waals surface area contributed by atoms with E-state index < -0.39 is 11.9 Å². The Bertz CT molecular complexity index is 1610. The van der Waals surface area contributed by atoms with Crippen molar-refractivity contribution in [3.8, 4) is 11.3 Å². The lowest BCUT2D eigenvalue weighted by Gasteiger charge is -2.36. The second kappa shape index (κ2) is 10.7. The Balaban J connectivity index is 1.15. The lowest BCUT2D eigenvalue weighted by atomic mass is 9.98. The molecule has 2 aliphatic heterocycles. The van der Waals surface area contributed by atoms with E-state index in [1.54, 1.807) is 23.1 Å². The number of H-pyrrole nitrogens is 1. The maximum Gasteiger partial charge on any atom is 0.433 e. The number of fused-ring (bicyclic) bond motifs is 1. The summed E-state index contributed by atoms with van der Waals surface area (Å²) in [5, 5.41) is 12.0. The first-order valence-electron chi connectivity index (χ1n) is 13.0. The van der Waals surface area contributed by atoms with Crippen LogP contribution >= 0.6 is 11.6 Å². The standard InChI is InChI=1S/C26H25ClF3N9O2/c27-19-10-16(1-2-17(19)25(41)38-7-5-37(6-8-38)21(40)9-15-11-31-12-15)35-23-24-33-14-20(39(24)4-3-32-23)18-13-34-36-22(18)26(28,29)30/h1-4,10,13-15,31H,5-9,11-12H2,(H,32,35)(H,34,36). The molecule has 0 unspecified atom stereocenters. The summed E-state index contributed by atoms with van der Waals surface area (Å²) < 4.78 is 41.7. The van der Waals surface area contributed by atoms with Crippen molar-refractivity contribution in [3.63, 3.8) is 0 Å². The number of nitrogens with one attached hydrogen (secondary N) is 3. The van der Waals surface area contributed by atoms with E-state index in [4.69, 9.17) is 11.6 Å². The molecular weight excluding hydrogens is 563 g/mol. The number of hydrogen-bond donors (Lipinski definition) is 3. The lowest BCUT2D eigenvalue weighted by Crippen LogP contribution is -2.52. The van der Waals surface area contributed by atoms with E-state index in [0.29, 0.717) is 49.8 Å². The Morgan fingerprint density at radius 2 is 1.83 bits per heavy atom. The fourth-order valence-corrected chi connectivity index (χ4v) is 5.27. The quantitative estimate of drug-likeness (QED) is 0.316. The molecule has 0 saturated carbocycles. The van der Waals surface area contributed by atoms with Crippen LogP contribution in [-0.4, -0.2) is 85.4 Å². The number of nitrogens with zero attached hydrogens (tertiary/aromatic N) is 6. The van der Waals surface area contributed by atoms with Gasteiger partial charge in [0.2, 0.25) is 5.91 Å². The van der Waals surface area contributed by atoms with E-state index in [2.05, 4.69) is 25.7 Å². The van der Waals surface area contributed by atoms with E-state index in [1.165, 1.54) is 23.0 Å². The van der Waals surface area contributed by atoms with Gasteiger partial charge in [-0.1, -0.05) is 11.6 Å². The number of halogens is 4. The predicted molar refractivity (Wildman–Crippen MR) is 144 cm³/mol. The number of aromatic nitrogens is 5. The Kier molecular flexibility index (Phi) is 7.03. The third-order valence-corrected chi connectivity index (χ3v) is 7.65. The summed E-state index contributed by atoms with van der Waals surface area (Å²) >= 11 is 6.50. The van der Waals surface area contributed by atoms with E-state index in [0.717, 1.165) is 19.3 Å². The molecule has 3 N–H and O–H groups in total. The molecule has 6 rings (SSSR count). The molecule has 0 atom stereocenters. The molecule has 1 aromatic carbocycles. The monoisotopic (exact) mass is 587 g/mol. The minimum Gasteiger partial charge on any atom is -0.339 e. The van der Waals surface area contributed by atoms with Gasteiger partial charge < -0.3 is 20.4 Å². The largest absolute Gasteiger partial charge is 0.433 e. The summed E-state index contributed by atoms with van der Waals surface area (Å²) in [5.41, 5.74) is 0.190. The minimum absolute atomic E-state index is 0.121. The number of carbonyl (C=O) groups is 2. The van der Waals surface area contributed by atoms with Gasteiger partial charge in [-0.25, -0.2) is 9.97 Å². The summed E-state index contributed by atoms with van der Waals surface area (Å²) in [5.74, 6) is 0.570. The van der Waals surface area contributed by atoms with Gasteiger partial charge in [0, 0.05) is 50.7 Å². The zero-order valence-electron chi connectivity index (χ0n) is 21.6. The van der Waals surface area contributed by atoms with Gasteiger partial charge in [0.1, 0.15) is 5.69 Å². The van der Waals surface area contributed by atoms with Crippen LogP contribution in [0.4, 0.5) is 24.7 Å². The van der Waals surface area contributed by atoms with Crippen molar-refractivity contribution in [1.82, 2.24) is 39.7 Å². The smallest absolute Gasteiger partial charge is 0.339 e. The number of hydrogen-bond acceptors (Lipinski definition) is 7. The van der Waals surface area contributed by atoms with Crippen LogP contribution in [0, 0.1) is 5.92 Å². The van der Waals surface area contributed by atoms with Crippen LogP contribution in [0.1, 0.15) is 22.5 Å². The Morgan fingerprint density at radius 1 is 1.07 bits per heavy atom.